The third-order valence-electron chi connectivity index (χ3n) is 5.77. The first-order chi connectivity index (χ1) is 13.0. The van der Waals surface area contributed by atoms with Gasteiger partial charge in [-0.3, -0.25) is 4.79 Å². The van der Waals surface area contributed by atoms with Crippen LogP contribution in [0.1, 0.15) is 56.8 Å². The van der Waals surface area contributed by atoms with Gasteiger partial charge in [0.05, 0.1) is 22.8 Å². The number of rotatable bonds is 5. The molecule has 1 aromatic heterocycles. The van der Waals surface area contributed by atoms with E-state index in [-0.39, 0.29) is 23.9 Å². The number of ketones is 1. The van der Waals surface area contributed by atoms with Gasteiger partial charge in [-0.2, -0.15) is 0 Å². The first kappa shape index (κ1) is 19.0. The van der Waals surface area contributed by atoms with Crippen LogP contribution in [0.3, 0.4) is 0 Å². The van der Waals surface area contributed by atoms with Gasteiger partial charge in [0, 0.05) is 28.9 Å². The van der Waals surface area contributed by atoms with Gasteiger partial charge < -0.3 is 9.26 Å². The minimum Gasteiger partial charge on any atom is -0.373 e. The summed E-state index contributed by atoms with van der Waals surface area (Å²) in [5.74, 6) is 1.74. The van der Waals surface area contributed by atoms with Gasteiger partial charge in [0.1, 0.15) is 17.2 Å². The topological polar surface area (TPSA) is 52.3 Å². The summed E-state index contributed by atoms with van der Waals surface area (Å²) >= 11 is 12.8. The molecule has 2 aromatic rings. The van der Waals surface area contributed by atoms with Crippen molar-refractivity contribution in [2.45, 2.75) is 58.2 Å². The summed E-state index contributed by atoms with van der Waals surface area (Å²) < 4.78 is 11.9. The molecule has 2 bridgehead atoms. The van der Waals surface area contributed by atoms with Crippen molar-refractivity contribution < 1.29 is 14.1 Å². The van der Waals surface area contributed by atoms with Crippen LogP contribution >= 0.6 is 23.2 Å². The number of carbonyl (C=O) groups excluding carboxylic acids is 1. The van der Waals surface area contributed by atoms with E-state index in [0.29, 0.717) is 33.7 Å². The van der Waals surface area contributed by atoms with E-state index in [1.807, 2.05) is 6.07 Å². The average Bonchev–Trinajstić information content (AvgIpc) is 3.10. The highest BCUT2D eigenvalue weighted by Gasteiger charge is 2.42. The van der Waals surface area contributed by atoms with Gasteiger partial charge in [-0.25, -0.2) is 0 Å². The molecule has 2 saturated carbocycles. The Morgan fingerprint density at radius 1 is 1.19 bits per heavy atom. The van der Waals surface area contributed by atoms with Crippen molar-refractivity contribution in [1.82, 2.24) is 5.16 Å². The molecule has 2 aliphatic rings. The number of hydrogen-bond acceptors (Lipinski definition) is 4. The molecular formula is C21H23Cl2NO3. The van der Waals surface area contributed by atoms with Crippen LogP contribution in [-0.4, -0.2) is 17.0 Å². The first-order valence-corrected chi connectivity index (χ1v) is 10.3. The van der Waals surface area contributed by atoms with Gasteiger partial charge in [0.25, 0.3) is 0 Å². The van der Waals surface area contributed by atoms with E-state index in [4.69, 9.17) is 32.5 Å². The normalized spacial score (nSPS) is 24.8. The van der Waals surface area contributed by atoms with Gasteiger partial charge in [-0.1, -0.05) is 48.3 Å². The molecule has 4 rings (SSSR count). The number of carbonyl (C=O) groups is 1. The second-order valence-corrected chi connectivity index (χ2v) is 8.72. The molecule has 2 fully saturated rings. The summed E-state index contributed by atoms with van der Waals surface area (Å²) in [5, 5.41) is 5.34. The van der Waals surface area contributed by atoms with Gasteiger partial charge in [0.2, 0.25) is 0 Å². The van der Waals surface area contributed by atoms with E-state index in [9.17, 15) is 4.79 Å². The van der Waals surface area contributed by atoms with Gasteiger partial charge in [0.15, 0.2) is 0 Å². The molecule has 1 heterocycles. The third kappa shape index (κ3) is 3.55. The van der Waals surface area contributed by atoms with Crippen molar-refractivity contribution in [3.8, 4) is 11.3 Å². The van der Waals surface area contributed by atoms with Crippen molar-refractivity contribution in [3.05, 3.63) is 39.6 Å². The number of hydrogen-bond donors (Lipinski definition) is 0. The summed E-state index contributed by atoms with van der Waals surface area (Å²) in [6.45, 7) is 4.50. The predicted octanol–water partition coefficient (Wildman–Crippen LogP) is 6.05. The quantitative estimate of drug-likeness (QED) is 0.605. The molecule has 144 valence electrons. The fourth-order valence-corrected chi connectivity index (χ4v) is 4.97. The molecule has 0 N–H and O–H groups in total. The van der Waals surface area contributed by atoms with Crippen LogP contribution in [0.25, 0.3) is 11.3 Å². The summed E-state index contributed by atoms with van der Waals surface area (Å²) in [6, 6.07) is 5.39. The highest BCUT2D eigenvalue weighted by Crippen LogP contribution is 2.42. The Hall–Kier alpha value is -1.36. The lowest BCUT2D eigenvalue weighted by molar-refractivity contribution is -0.130. The Labute approximate surface area is 169 Å². The number of nitrogens with zero attached hydrogens (tertiary/aromatic N) is 1. The number of aromatic nitrogens is 1. The number of ether oxygens (including phenoxy) is 1. The van der Waals surface area contributed by atoms with Crippen molar-refractivity contribution in [2.75, 3.05) is 0 Å². The van der Waals surface area contributed by atoms with Crippen LogP contribution in [0.4, 0.5) is 0 Å². The van der Waals surface area contributed by atoms with E-state index in [0.717, 1.165) is 37.0 Å². The Bertz CT molecular complexity index is 825. The second-order valence-electron chi connectivity index (χ2n) is 7.90. The minimum absolute atomic E-state index is 0.102. The van der Waals surface area contributed by atoms with Gasteiger partial charge >= 0.3 is 0 Å². The van der Waals surface area contributed by atoms with Crippen molar-refractivity contribution in [1.29, 1.82) is 0 Å². The highest BCUT2D eigenvalue weighted by atomic mass is 35.5. The van der Waals surface area contributed by atoms with Gasteiger partial charge in [-0.15, -0.1) is 0 Å². The van der Waals surface area contributed by atoms with Crippen molar-refractivity contribution in [2.24, 2.45) is 11.8 Å². The van der Waals surface area contributed by atoms with E-state index < -0.39 is 0 Å². The van der Waals surface area contributed by atoms with Gasteiger partial charge in [-0.05, 0) is 37.8 Å². The summed E-state index contributed by atoms with van der Waals surface area (Å²) in [7, 11) is 0. The Balaban J connectivity index is 1.60. The zero-order chi connectivity index (χ0) is 19.1. The Kier molecular flexibility index (Phi) is 5.32. The highest BCUT2D eigenvalue weighted by molar-refractivity contribution is 6.39. The van der Waals surface area contributed by atoms with Crippen LogP contribution in [0.15, 0.2) is 22.7 Å². The van der Waals surface area contributed by atoms with Crippen LogP contribution in [0.2, 0.25) is 10.0 Å². The maximum atomic E-state index is 12.1. The molecule has 0 radical (unpaired) electrons. The number of fused-ring (bicyclic) bond motifs is 2. The number of benzene rings is 1. The standard InChI is InChI=1S/C21H23Cl2NO3/c1-11(2)21-15(10-26-14-8-12-6-7-13(9-14)20(12)25)19(24-27-21)18-16(22)4-3-5-17(18)23/h3-5,11-14H,6-10H2,1-2H3/t12-,13+,14-. The molecule has 4 nitrogen and oxygen atoms in total. The fourth-order valence-electron chi connectivity index (χ4n) is 4.39. The Morgan fingerprint density at radius 2 is 1.81 bits per heavy atom. The first-order valence-electron chi connectivity index (χ1n) is 9.53. The largest absolute Gasteiger partial charge is 0.373 e. The number of Topliss-reactive ketones (excluding diaryl/α,β-unsaturated/α-hetero) is 1. The van der Waals surface area contributed by atoms with E-state index >= 15 is 0 Å². The smallest absolute Gasteiger partial charge is 0.145 e. The molecule has 0 spiro atoms. The lowest BCUT2D eigenvalue weighted by Gasteiger charge is -2.27. The van der Waals surface area contributed by atoms with Crippen molar-refractivity contribution in [3.63, 3.8) is 0 Å². The number of halogens is 2. The lowest BCUT2D eigenvalue weighted by atomic mass is 9.86. The maximum absolute atomic E-state index is 12.1. The molecule has 0 amide bonds. The predicted molar refractivity (Wildman–Crippen MR) is 105 cm³/mol. The van der Waals surface area contributed by atoms with Crippen LogP contribution in [-0.2, 0) is 16.1 Å². The van der Waals surface area contributed by atoms with E-state index in [2.05, 4.69) is 19.0 Å². The van der Waals surface area contributed by atoms with Crippen molar-refractivity contribution >= 4 is 29.0 Å². The van der Waals surface area contributed by atoms with Crippen LogP contribution in [0, 0.1) is 11.8 Å². The molecular weight excluding hydrogens is 385 g/mol. The molecule has 0 unspecified atom stereocenters. The molecule has 0 aliphatic heterocycles. The zero-order valence-electron chi connectivity index (χ0n) is 15.5. The molecule has 6 heteroatoms. The van der Waals surface area contributed by atoms with Crippen LogP contribution in [0.5, 0.6) is 0 Å². The fraction of sp³-hybridized carbons (Fsp3) is 0.524. The third-order valence-corrected chi connectivity index (χ3v) is 6.40. The van der Waals surface area contributed by atoms with Crippen LogP contribution < -0.4 is 0 Å². The Morgan fingerprint density at radius 3 is 2.41 bits per heavy atom. The molecule has 3 atom stereocenters. The van der Waals surface area contributed by atoms with E-state index in [1.165, 1.54) is 0 Å². The molecule has 2 aliphatic carbocycles. The second kappa shape index (κ2) is 7.57. The minimum atomic E-state index is 0.102. The summed E-state index contributed by atoms with van der Waals surface area (Å²) in [6.07, 6.45) is 3.76. The molecule has 1 aromatic carbocycles. The van der Waals surface area contributed by atoms with E-state index in [1.54, 1.807) is 12.1 Å². The lowest BCUT2D eigenvalue weighted by Crippen LogP contribution is -2.31. The summed E-state index contributed by atoms with van der Waals surface area (Å²) in [4.78, 5) is 12.1. The SMILES string of the molecule is CC(C)c1onc(-c2c(Cl)cccc2Cl)c1CO[C@@H]1C[C@H]2CC[C@@H](C1)C2=O. The molecule has 0 saturated heterocycles. The summed E-state index contributed by atoms with van der Waals surface area (Å²) in [5.41, 5.74) is 2.21. The monoisotopic (exact) mass is 407 g/mol. The molecule has 27 heavy (non-hydrogen) atoms. The maximum Gasteiger partial charge on any atom is 0.145 e. The zero-order valence-corrected chi connectivity index (χ0v) is 17.0. The average molecular weight is 408 g/mol.